The number of carbonyl (C=O) groups excluding carboxylic acids is 1. The van der Waals surface area contributed by atoms with Gasteiger partial charge >= 0.3 is 0 Å². The van der Waals surface area contributed by atoms with Gasteiger partial charge in [0.15, 0.2) is 0 Å². The molecule has 0 fully saturated rings. The molecule has 0 rings (SSSR count). The Morgan fingerprint density at radius 1 is 0.338 bits per heavy atom. The second-order valence-electron chi connectivity index (χ2n) is 22.2. The Morgan fingerprint density at radius 2 is 0.544 bits per heavy atom. The average Bonchev–Trinajstić information content (AvgIpc) is 3.34. The monoisotopic (exact) mass is 958 g/mol. The maximum atomic E-state index is 12.5. The molecule has 3 N–H and O–H groups in total. The summed E-state index contributed by atoms with van der Waals surface area (Å²) in [5, 5.41) is 23.3. The summed E-state index contributed by atoms with van der Waals surface area (Å²) in [6.07, 6.45) is 79.9. The Hall–Kier alpha value is -0.870. The summed E-state index contributed by atoms with van der Waals surface area (Å²) in [4.78, 5) is 12.5. The maximum absolute atomic E-state index is 12.5. The molecule has 0 heterocycles. The topological polar surface area (TPSA) is 69.6 Å². The molecule has 0 spiro atoms. The van der Waals surface area contributed by atoms with E-state index in [0.717, 1.165) is 25.7 Å². The zero-order chi connectivity index (χ0) is 49.2. The standard InChI is InChI=1S/C64H127NO3/c1-3-5-7-9-11-13-15-17-19-21-23-25-27-29-30-31-32-33-34-36-37-39-41-43-45-47-49-51-53-55-57-59-63(67)62(61-66)65-64(68)60-58-56-54-52-50-48-46-44-42-40-38-35-28-26-24-22-20-18-16-14-12-10-8-6-4-2/h57,59,62-63,66-67H,3-56,58,60-61H2,1-2H3,(H,65,68)/b59-57+. The van der Waals surface area contributed by atoms with Crippen LogP contribution in [0.5, 0.6) is 0 Å². The molecule has 0 aliphatic rings. The molecule has 0 saturated heterocycles. The van der Waals surface area contributed by atoms with Crippen LogP contribution in [-0.4, -0.2) is 34.9 Å². The van der Waals surface area contributed by atoms with Gasteiger partial charge < -0.3 is 15.5 Å². The SMILES string of the molecule is CCCCCCCCCCCCCCCCCCCCCCCCCCCCCCC/C=C/C(O)C(CO)NC(=O)CCCCCCCCCCCCCCCCCCCCCCCCCCC. The fourth-order valence-corrected chi connectivity index (χ4v) is 10.4. The summed E-state index contributed by atoms with van der Waals surface area (Å²) in [5.41, 5.74) is 0. The Kier molecular flexibility index (Phi) is 59.7. The van der Waals surface area contributed by atoms with Gasteiger partial charge in [-0.15, -0.1) is 0 Å². The molecule has 0 aromatic heterocycles. The minimum absolute atomic E-state index is 0.0542. The lowest BCUT2D eigenvalue weighted by molar-refractivity contribution is -0.123. The number of rotatable bonds is 60. The van der Waals surface area contributed by atoms with Crippen molar-refractivity contribution in [3.05, 3.63) is 12.2 Å². The minimum Gasteiger partial charge on any atom is -0.394 e. The highest BCUT2D eigenvalue weighted by molar-refractivity contribution is 5.76. The second kappa shape index (κ2) is 60.4. The van der Waals surface area contributed by atoms with Gasteiger partial charge in [0.2, 0.25) is 5.91 Å². The Bertz CT molecular complexity index is 952. The number of carbonyl (C=O) groups is 1. The number of nitrogens with one attached hydrogen (secondary N) is 1. The first-order valence-corrected chi connectivity index (χ1v) is 31.9. The van der Waals surface area contributed by atoms with E-state index in [1.54, 1.807) is 6.08 Å². The quantitative estimate of drug-likeness (QED) is 0.0420. The van der Waals surface area contributed by atoms with E-state index in [4.69, 9.17) is 0 Å². The summed E-state index contributed by atoms with van der Waals surface area (Å²) >= 11 is 0. The van der Waals surface area contributed by atoms with Crippen LogP contribution < -0.4 is 5.32 Å². The molecule has 0 aromatic carbocycles. The molecule has 1 amide bonds. The number of unbranched alkanes of at least 4 members (excludes halogenated alkanes) is 53. The van der Waals surface area contributed by atoms with Crippen LogP contribution in [0.25, 0.3) is 0 Å². The molecule has 2 unspecified atom stereocenters. The van der Waals surface area contributed by atoms with Crippen molar-refractivity contribution in [2.75, 3.05) is 6.61 Å². The molecule has 406 valence electrons. The third kappa shape index (κ3) is 56.0. The van der Waals surface area contributed by atoms with Gasteiger partial charge in [-0.3, -0.25) is 4.79 Å². The Morgan fingerprint density at radius 3 is 0.765 bits per heavy atom. The molecule has 0 radical (unpaired) electrons. The van der Waals surface area contributed by atoms with E-state index in [1.165, 1.54) is 327 Å². The fourth-order valence-electron chi connectivity index (χ4n) is 10.4. The number of hydrogen-bond acceptors (Lipinski definition) is 3. The lowest BCUT2D eigenvalue weighted by Crippen LogP contribution is -2.45. The molecule has 0 aliphatic heterocycles. The van der Waals surface area contributed by atoms with E-state index in [9.17, 15) is 15.0 Å². The second-order valence-corrected chi connectivity index (χ2v) is 22.2. The highest BCUT2D eigenvalue weighted by Crippen LogP contribution is 2.19. The summed E-state index contributed by atoms with van der Waals surface area (Å²) in [7, 11) is 0. The molecule has 4 nitrogen and oxygen atoms in total. The first-order valence-electron chi connectivity index (χ1n) is 31.9. The molecule has 68 heavy (non-hydrogen) atoms. The van der Waals surface area contributed by atoms with E-state index < -0.39 is 12.1 Å². The van der Waals surface area contributed by atoms with Crippen LogP contribution in [-0.2, 0) is 4.79 Å². The summed E-state index contributed by atoms with van der Waals surface area (Å²) in [6, 6.07) is -0.619. The number of amides is 1. The molecular weight excluding hydrogens is 831 g/mol. The molecule has 2 atom stereocenters. The summed E-state index contributed by atoms with van der Waals surface area (Å²) < 4.78 is 0. The van der Waals surface area contributed by atoms with Gasteiger partial charge in [0.25, 0.3) is 0 Å². The van der Waals surface area contributed by atoms with Crippen LogP contribution in [0.1, 0.15) is 373 Å². The normalized spacial score (nSPS) is 12.7. The van der Waals surface area contributed by atoms with Crippen molar-refractivity contribution < 1.29 is 15.0 Å². The van der Waals surface area contributed by atoms with Crippen molar-refractivity contribution in [3.63, 3.8) is 0 Å². The van der Waals surface area contributed by atoms with Gasteiger partial charge in [-0.05, 0) is 19.3 Å². The van der Waals surface area contributed by atoms with E-state index in [0.29, 0.717) is 6.42 Å². The zero-order valence-corrected chi connectivity index (χ0v) is 46.9. The fraction of sp³-hybridized carbons (Fsp3) is 0.953. The van der Waals surface area contributed by atoms with Gasteiger partial charge in [0.1, 0.15) is 0 Å². The number of allylic oxidation sites excluding steroid dienone is 1. The lowest BCUT2D eigenvalue weighted by Gasteiger charge is -2.20. The highest BCUT2D eigenvalue weighted by atomic mass is 16.3. The van der Waals surface area contributed by atoms with Gasteiger partial charge in [0.05, 0.1) is 18.8 Å². The van der Waals surface area contributed by atoms with Crippen molar-refractivity contribution in [2.45, 2.75) is 386 Å². The zero-order valence-electron chi connectivity index (χ0n) is 46.9. The Labute approximate surface area is 428 Å². The van der Waals surface area contributed by atoms with Gasteiger partial charge in [-0.2, -0.15) is 0 Å². The molecule has 0 bridgehead atoms. The predicted octanol–water partition coefficient (Wildman–Crippen LogP) is 21.3. The van der Waals surface area contributed by atoms with Crippen molar-refractivity contribution >= 4 is 5.91 Å². The van der Waals surface area contributed by atoms with Crippen LogP contribution in [0.4, 0.5) is 0 Å². The molecule has 4 heteroatoms. The van der Waals surface area contributed by atoms with Gasteiger partial charge in [-0.25, -0.2) is 0 Å². The number of hydrogen-bond donors (Lipinski definition) is 3. The molecule has 0 saturated carbocycles. The number of aliphatic hydroxyl groups is 2. The van der Waals surface area contributed by atoms with Crippen LogP contribution in [0.2, 0.25) is 0 Å². The number of aliphatic hydroxyl groups excluding tert-OH is 2. The molecular formula is C64H127NO3. The third-order valence-electron chi connectivity index (χ3n) is 15.3. The Balaban J connectivity index is 3.41. The molecule has 0 aliphatic carbocycles. The van der Waals surface area contributed by atoms with Crippen LogP contribution in [0.15, 0.2) is 12.2 Å². The van der Waals surface area contributed by atoms with E-state index in [-0.39, 0.29) is 12.5 Å². The lowest BCUT2D eigenvalue weighted by atomic mass is 10.0. The van der Waals surface area contributed by atoms with Gasteiger partial charge in [0, 0.05) is 6.42 Å². The summed E-state index contributed by atoms with van der Waals surface area (Å²) in [5.74, 6) is -0.0542. The largest absolute Gasteiger partial charge is 0.394 e. The van der Waals surface area contributed by atoms with Crippen LogP contribution in [0.3, 0.4) is 0 Å². The van der Waals surface area contributed by atoms with Crippen LogP contribution >= 0.6 is 0 Å². The predicted molar refractivity (Wildman–Crippen MR) is 304 cm³/mol. The van der Waals surface area contributed by atoms with Crippen molar-refractivity contribution in [2.24, 2.45) is 0 Å². The average molecular weight is 959 g/mol. The smallest absolute Gasteiger partial charge is 0.220 e. The first kappa shape index (κ1) is 67.1. The van der Waals surface area contributed by atoms with E-state index in [2.05, 4.69) is 19.2 Å². The van der Waals surface area contributed by atoms with E-state index >= 15 is 0 Å². The van der Waals surface area contributed by atoms with Gasteiger partial charge in [-0.1, -0.05) is 360 Å². The van der Waals surface area contributed by atoms with E-state index in [1.807, 2.05) is 6.08 Å². The van der Waals surface area contributed by atoms with Crippen molar-refractivity contribution in [3.8, 4) is 0 Å². The van der Waals surface area contributed by atoms with Crippen molar-refractivity contribution in [1.82, 2.24) is 5.32 Å². The maximum Gasteiger partial charge on any atom is 0.220 e. The third-order valence-corrected chi connectivity index (χ3v) is 15.3. The highest BCUT2D eigenvalue weighted by Gasteiger charge is 2.18. The minimum atomic E-state index is -0.836. The van der Waals surface area contributed by atoms with Crippen molar-refractivity contribution in [1.29, 1.82) is 0 Å². The first-order chi connectivity index (χ1) is 33.7. The molecule has 0 aromatic rings. The van der Waals surface area contributed by atoms with Crippen LogP contribution in [0, 0.1) is 0 Å². The summed E-state index contributed by atoms with van der Waals surface area (Å²) in [6.45, 7) is 4.36.